The van der Waals surface area contributed by atoms with Gasteiger partial charge in [0.05, 0.1) is 5.56 Å². The van der Waals surface area contributed by atoms with Crippen molar-refractivity contribution in [2.24, 2.45) is 0 Å². The standard InChI is InChI=1S/C13H9NO3S/c14-9-12-7-6-11(8-13(12)18(15,16)17)10-4-2-1-3-5-10/h1-8H,(H,15,16,17). The van der Waals surface area contributed by atoms with Crippen molar-refractivity contribution in [2.45, 2.75) is 4.90 Å². The summed E-state index contributed by atoms with van der Waals surface area (Å²) in [5, 5.41) is 8.82. The lowest BCUT2D eigenvalue weighted by Gasteiger charge is -2.05. The van der Waals surface area contributed by atoms with Gasteiger partial charge in [-0.3, -0.25) is 4.55 Å². The van der Waals surface area contributed by atoms with Crippen molar-refractivity contribution < 1.29 is 13.0 Å². The van der Waals surface area contributed by atoms with Crippen LogP contribution >= 0.6 is 0 Å². The third-order valence-electron chi connectivity index (χ3n) is 2.49. The summed E-state index contributed by atoms with van der Waals surface area (Å²) in [6, 6.07) is 15.2. The van der Waals surface area contributed by atoms with Gasteiger partial charge < -0.3 is 0 Å². The van der Waals surface area contributed by atoms with Crippen LogP contribution in [-0.4, -0.2) is 13.0 Å². The van der Waals surface area contributed by atoms with E-state index in [1.165, 1.54) is 12.1 Å². The molecule has 0 aromatic heterocycles. The van der Waals surface area contributed by atoms with Gasteiger partial charge in [-0.05, 0) is 23.3 Å². The van der Waals surface area contributed by atoms with E-state index in [-0.39, 0.29) is 10.5 Å². The molecule has 0 saturated heterocycles. The molecular weight excluding hydrogens is 250 g/mol. The molecule has 0 aliphatic carbocycles. The van der Waals surface area contributed by atoms with Crippen LogP contribution in [-0.2, 0) is 10.1 Å². The van der Waals surface area contributed by atoms with E-state index in [1.807, 2.05) is 30.3 Å². The van der Waals surface area contributed by atoms with Crippen LogP contribution in [0.3, 0.4) is 0 Å². The Labute approximate surface area is 105 Å². The van der Waals surface area contributed by atoms with Crippen LogP contribution in [0.25, 0.3) is 11.1 Å². The van der Waals surface area contributed by atoms with Crippen molar-refractivity contribution in [3.8, 4) is 17.2 Å². The first-order valence-electron chi connectivity index (χ1n) is 5.09. The van der Waals surface area contributed by atoms with Crippen LogP contribution in [0.4, 0.5) is 0 Å². The van der Waals surface area contributed by atoms with Crippen LogP contribution in [0.1, 0.15) is 5.56 Å². The molecule has 0 spiro atoms. The molecule has 0 aliphatic rings. The molecular formula is C13H9NO3S. The lowest BCUT2D eigenvalue weighted by atomic mass is 10.0. The summed E-state index contributed by atoms with van der Waals surface area (Å²) >= 11 is 0. The van der Waals surface area contributed by atoms with Crippen LogP contribution in [0, 0.1) is 11.3 Å². The fraction of sp³-hybridized carbons (Fsp3) is 0. The summed E-state index contributed by atoms with van der Waals surface area (Å²) in [6.07, 6.45) is 0. The highest BCUT2D eigenvalue weighted by Crippen LogP contribution is 2.24. The number of hydrogen-bond donors (Lipinski definition) is 1. The summed E-state index contributed by atoms with van der Waals surface area (Å²) in [5.41, 5.74) is 1.37. The number of nitrogens with zero attached hydrogens (tertiary/aromatic N) is 1. The Bertz CT molecular complexity index is 716. The zero-order chi connectivity index (χ0) is 13.2. The molecule has 0 heterocycles. The van der Waals surface area contributed by atoms with Gasteiger partial charge in [-0.15, -0.1) is 0 Å². The number of benzene rings is 2. The molecule has 0 aliphatic heterocycles. The number of nitriles is 1. The van der Waals surface area contributed by atoms with E-state index in [1.54, 1.807) is 12.1 Å². The second kappa shape index (κ2) is 4.61. The van der Waals surface area contributed by atoms with E-state index in [4.69, 9.17) is 9.81 Å². The molecule has 0 atom stereocenters. The maximum Gasteiger partial charge on any atom is 0.295 e. The molecule has 2 rings (SSSR count). The average molecular weight is 259 g/mol. The SMILES string of the molecule is N#Cc1ccc(-c2ccccc2)cc1S(=O)(=O)O. The fourth-order valence-corrected chi connectivity index (χ4v) is 2.31. The molecule has 2 aromatic rings. The summed E-state index contributed by atoms with van der Waals surface area (Å²) in [7, 11) is -4.40. The van der Waals surface area contributed by atoms with Crippen molar-refractivity contribution >= 4 is 10.1 Å². The molecule has 0 unspecified atom stereocenters. The molecule has 0 radical (unpaired) electrons. The monoisotopic (exact) mass is 259 g/mol. The van der Waals surface area contributed by atoms with Crippen LogP contribution in [0.5, 0.6) is 0 Å². The van der Waals surface area contributed by atoms with Gasteiger partial charge in [-0.25, -0.2) is 0 Å². The Hall–Kier alpha value is -2.16. The lowest BCUT2D eigenvalue weighted by molar-refractivity contribution is 0.483. The smallest absolute Gasteiger partial charge is 0.282 e. The van der Waals surface area contributed by atoms with Crippen LogP contribution in [0.2, 0.25) is 0 Å². The molecule has 0 fully saturated rings. The van der Waals surface area contributed by atoms with E-state index in [0.717, 1.165) is 5.56 Å². The van der Waals surface area contributed by atoms with Gasteiger partial charge in [-0.2, -0.15) is 13.7 Å². The van der Waals surface area contributed by atoms with E-state index in [0.29, 0.717) is 5.56 Å². The Morgan fingerprint density at radius 1 is 1.00 bits per heavy atom. The van der Waals surface area contributed by atoms with E-state index in [9.17, 15) is 8.42 Å². The quantitative estimate of drug-likeness (QED) is 0.840. The first-order chi connectivity index (χ1) is 8.52. The molecule has 2 aromatic carbocycles. The molecule has 18 heavy (non-hydrogen) atoms. The first kappa shape index (κ1) is 12.3. The van der Waals surface area contributed by atoms with Crippen LogP contribution in [0.15, 0.2) is 53.4 Å². The zero-order valence-corrected chi connectivity index (χ0v) is 10.1. The minimum atomic E-state index is -4.40. The van der Waals surface area contributed by atoms with E-state index < -0.39 is 10.1 Å². The predicted octanol–water partition coefficient (Wildman–Crippen LogP) is 2.47. The highest BCUT2D eigenvalue weighted by Gasteiger charge is 2.16. The van der Waals surface area contributed by atoms with Gasteiger partial charge in [-0.1, -0.05) is 36.4 Å². The number of hydrogen-bond acceptors (Lipinski definition) is 3. The molecule has 4 nitrogen and oxygen atoms in total. The predicted molar refractivity (Wildman–Crippen MR) is 66.4 cm³/mol. The average Bonchev–Trinajstić information content (AvgIpc) is 2.38. The van der Waals surface area contributed by atoms with Gasteiger partial charge >= 0.3 is 0 Å². The van der Waals surface area contributed by atoms with Crippen LogP contribution < -0.4 is 0 Å². The zero-order valence-electron chi connectivity index (χ0n) is 9.24. The van der Waals surface area contributed by atoms with Crippen molar-refractivity contribution in [2.75, 3.05) is 0 Å². The summed E-state index contributed by atoms with van der Waals surface area (Å²) in [5.74, 6) is 0. The van der Waals surface area contributed by atoms with E-state index >= 15 is 0 Å². The van der Waals surface area contributed by atoms with Crippen molar-refractivity contribution in [3.63, 3.8) is 0 Å². The largest absolute Gasteiger partial charge is 0.295 e. The first-order valence-corrected chi connectivity index (χ1v) is 6.53. The minimum absolute atomic E-state index is 0.0721. The molecule has 90 valence electrons. The summed E-state index contributed by atoms with van der Waals surface area (Å²) in [6.45, 7) is 0. The fourth-order valence-electron chi connectivity index (χ4n) is 1.64. The Morgan fingerprint density at radius 2 is 1.67 bits per heavy atom. The van der Waals surface area contributed by atoms with Gasteiger partial charge in [0.1, 0.15) is 11.0 Å². The second-order valence-corrected chi connectivity index (χ2v) is 5.05. The minimum Gasteiger partial charge on any atom is -0.282 e. The second-order valence-electron chi connectivity index (χ2n) is 3.66. The molecule has 5 heteroatoms. The molecule has 0 saturated carbocycles. The van der Waals surface area contributed by atoms with Crippen molar-refractivity contribution in [1.29, 1.82) is 5.26 Å². The Morgan fingerprint density at radius 3 is 2.22 bits per heavy atom. The topological polar surface area (TPSA) is 78.2 Å². The summed E-state index contributed by atoms with van der Waals surface area (Å²) < 4.78 is 31.5. The highest BCUT2D eigenvalue weighted by atomic mass is 32.2. The van der Waals surface area contributed by atoms with Gasteiger partial charge in [0, 0.05) is 0 Å². The third kappa shape index (κ3) is 2.40. The Balaban J connectivity index is 2.66. The molecule has 0 amide bonds. The highest BCUT2D eigenvalue weighted by molar-refractivity contribution is 7.85. The summed E-state index contributed by atoms with van der Waals surface area (Å²) in [4.78, 5) is -0.369. The van der Waals surface area contributed by atoms with E-state index in [2.05, 4.69) is 0 Å². The molecule has 0 bridgehead atoms. The van der Waals surface area contributed by atoms with Gasteiger partial charge in [0.15, 0.2) is 0 Å². The maximum atomic E-state index is 11.2. The van der Waals surface area contributed by atoms with Crippen molar-refractivity contribution in [1.82, 2.24) is 0 Å². The van der Waals surface area contributed by atoms with Crippen molar-refractivity contribution in [3.05, 3.63) is 54.1 Å². The number of rotatable bonds is 2. The van der Waals surface area contributed by atoms with Gasteiger partial charge in [0.2, 0.25) is 0 Å². The Kier molecular flexibility index (Phi) is 3.15. The normalized spacial score (nSPS) is 10.9. The maximum absolute atomic E-state index is 11.2. The lowest BCUT2D eigenvalue weighted by Crippen LogP contribution is -2.01. The van der Waals surface area contributed by atoms with Gasteiger partial charge in [0.25, 0.3) is 10.1 Å². The third-order valence-corrected chi connectivity index (χ3v) is 3.38. The molecule has 1 N–H and O–H groups in total.